The Balaban J connectivity index is 2.01. The quantitative estimate of drug-likeness (QED) is 0.828. The van der Waals surface area contributed by atoms with Gasteiger partial charge in [0.05, 0.1) is 16.6 Å². The van der Waals surface area contributed by atoms with Crippen LogP contribution < -0.4 is 0 Å². The number of H-pyrrole nitrogens is 1. The van der Waals surface area contributed by atoms with Gasteiger partial charge in [-0.3, -0.25) is 4.84 Å². The van der Waals surface area contributed by atoms with Crippen LogP contribution in [0.1, 0.15) is 39.1 Å². The van der Waals surface area contributed by atoms with Crippen molar-refractivity contribution in [3.8, 4) is 0 Å². The number of carbonyl (C=O) groups excluding carboxylic acids is 1. The molecule has 22 heavy (non-hydrogen) atoms. The highest BCUT2D eigenvalue weighted by Crippen LogP contribution is 2.36. The second kappa shape index (κ2) is 5.63. The lowest BCUT2D eigenvalue weighted by Gasteiger charge is -2.30. The molecule has 1 aromatic carbocycles. The Morgan fingerprint density at radius 1 is 1.45 bits per heavy atom. The Kier molecular flexibility index (Phi) is 3.95. The predicted octanol–water partition coefficient (Wildman–Crippen LogP) is 3.56. The number of benzene rings is 1. The molecule has 2 heterocycles. The summed E-state index contributed by atoms with van der Waals surface area (Å²) in [5, 5.41) is 1.83. The fraction of sp³-hybridized carbons (Fsp3) is 0.438. The number of aromatic amines is 1. The summed E-state index contributed by atoms with van der Waals surface area (Å²) >= 11 is 3.45. The maximum atomic E-state index is 11.3. The van der Waals surface area contributed by atoms with E-state index in [1.54, 1.807) is 0 Å². The third kappa shape index (κ3) is 3.01. The Hall–Kier alpha value is -1.46. The second-order valence-electron chi connectivity index (χ2n) is 6.41. The molecule has 6 heteroatoms. The zero-order valence-corrected chi connectivity index (χ0v) is 14.4. The lowest BCUT2D eigenvalue weighted by Crippen LogP contribution is -2.34. The summed E-state index contributed by atoms with van der Waals surface area (Å²) in [6, 6.07) is 5.55. The van der Waals surface area contributed by atoms with Crippen LogP contribution in [0.5, 0.6) is 0 Å². The van der Waals surface area contributed by atoms with Crippen LogP contribution >= 0.6 is 15.9 Å². The van der Waals surface area contributed by atoms with Crippen molar-refractivity contribution in [2.75, 3.05) is 6.54 Å². The normalized spacial score (nSPS) is 19.8. The molecule has 0 spiro atoms. The lowest BCUT2D eigenvalue weighted by molar-refractivity contribution is -0.235. The van der Waals surface area contributed by atoms with Gasteiger partial charge in [-0.05, 0) is 45.4 Å². The van der Waals surface area contributed by atoms with Crippen molar-refractivity contribution in [2.45, 2.75) is 38.8 Å². The van der Waals surface area contributed by atoms with Crippen molar-refractivity contribution in [3.05, 3.63) is 34.1 Å². The van der Waals surface area contributed by atoms with Crippen LogP contribution in [-0.2, 0) is 9.63 Å². The van der Waals surface area contributed by atoms with Crippen LogP contribution in [0.4, 0.5) is 0 Å². The fourth-order valence-electron chi connectivity index (χ4n) is 2.66. The standard InChI is InChI=1S/C16H18BrN3O2/c1-16(2,3)22-20-7-6-10(9-21)14(20)15-18-12-5-4-11(17)8-13(12)19-15/h4-5,8,14H,6-7H2,1-3H3,(H,18,19)/t14-/m0/s1. The van der Waals surface area contributed by atoms with Gasteiger partial charge in [-0.1, -0.05) is 15.9 Å². The molecule has 1 N–H and O–H groups in total. The van der Waals surface area contributed by atoms with Crippen LogP contribution in [0.3, 0.4) is 0 Å². The molecule has 0 amide bonds. The van der Waals surface area contributed by atoms with Gasteiger partial charge in [0, 0.05) is 16.6 Å². The van der Waals surface area contributed by atoms with E-state index in [1.165, 1.54) is 0 Å². The third-order valence-corrected chi connectivity index (χ3v) is 3.96. The van der Waals surface area contributed by atoms with Gasteiger partial charge in [0.2, 0.25) is 0 Å². The smallest absolute Gasteiger partial charge is 0.132 e. The first kappa shape index (κ1) is 15.4. The zero-order chi connectivity index (χ0) is 15.9. The second-order valence-corrected chi connectivity index (χ2v) is 7.32. The molecular weight excluding hydrogens is 346 g/mol. The highest BCUT2D eigenvalue weighted by Gasteiger charge is 2.37. The van der Waals surface area contributed by atoms with Crippen LogP contribution in [0.2, 0.25) is 0 Å². The van der Waals surface area contributed by atoms with Crippen LogP contribution in [0.15, 0.2) is 28.2 Å². The van der Waals surface area contributed by atoms with Gasteiger partial charge in [0.1, 0.15) is 17.8 Å². The van der Waals surface area contributed by atoms with E-state index in [0.717, 1.165) is 15.5 Å². The molecule has 0 saturated carbocycles. The van der Waals surface area contributed by atoms with Crippen molar-refractivity contribution in [1.29, 1.82) is 0 Å². The largest absolute Gasteiger partial charge is 0.340 e. The summed E-state index contributed by atoms with van der Waals surface area (Å²) in [4.78, 5) is 25.2. The Morgan fingerprint density at radius 2 is 2.23 bits per heavy atom. The number of aromatic nitrogens is 2. The van der Waals surface area contributed by atoms with Crippen molar-refractivity contribution in [2.24, 2.45) is 0 Å². The Morgan fingerprint density at radius 3 is 2.91 bits per heavy atom. The Bertz CT molecular complexity index is 756. The minimum atomic E-state index is -0.328. The van der Waals surface area contributed by atoms with Crippen LogP contribution in [0, 0.1) is 0 Å². The first-order valence-corrected chi connectivity index (χ1v) is 8.01. The number of nitrogens with one attached hydrogen (secondary N) is 1. The number of hydrogen-bond acceptors (Lipinski definition) is 4. The molecule has 0 radical (unpaired) electrons. The Labute approximate surface area is 137 Å². The molecule has 3 rings (SSSR count). The number of imidazole rings is 1. The van der Waals surface area contributed by atoms with Gasteiger partial charge < -0.3 is 4.98 Å². The first-order chi connectivity index (χ1) is 10.4. The molecule has 0 aliphatic carbocycles. The summed E-state index contributed by atoms with van der Waals surface area (Å²) < 4.78 is 0.982. The van der Waals surface area contributed by atoms with E-state index < -0.39 is 0 Å². The van der Waals surface area contributed by atoms with E-state index >= 15 is 0 Å². The molecule has 0 bridgehead atoms. The van der Waals surface area contributed by atoms with E-state index in [1.807, 2.05) is 44.0 Å². The predicted molar refractivity (Wildman–Crippen MR) is 87.9 cm³/mol. The van der Waals surface area contributed by atoms with Crippen LogP contribution in [-0.4, -0.2) is 33.1 Å². The van der Waals surface area contributed by atoms with Gasteiger partial charge in [0.25, 0.3) is 0 Å². The maximum Gasteiger partial charge on any atom is 0.132 e. The third-order valence-electron chi connectivity index (χ3n) is 3.46. The molecule has 1 aliphatic rings. The number of nitrogens with zero attached hydrogens (tertiary/aromatic N) is 2. The molecule has 1 fully saturated rings. The maximum absolute atomic E-state index is 11.3. The van der Waals surface area contributed by atoms with Crippen molar-refractivity contribution < 1.29 is 9.63 Å². The van der Waals surface area contributed by atoms with Gasteiger partial charge in [0.15, 0.2) is 0 Å². The minimum absolute atomic E-state index is 0.303. The molecule has 1 aromatic heterocycles. The average molecular weight is 364 g/mol. The summed E-state index contributed by atoms with van der Waals surface area (Å²) in [6.45, 7) is 6.63. The summed E-state index contributed by atoms with van der Waals surface area (Å²) in [5.41, 5.74) is 2.14. The molecule has 2 aromatic rings. The van der Waals surface area contributed by atoms with E-state index in [9.17, 15) is 4.79 Å². The van der Waals surface area contributed by atoms with E-state index in [0.29, 0.717) is 24.4 Å². The van der Waals surface area contributed by atoms with Gasteiger partial charge >= 0.3 is 0 Å². The molecule has 116 valence electrons. The summed E-state index contributed by atoms with van der Waals surface area (Å²) in [7, 11) is 0. The van der Waals surface area contributed by atoms with E-state index in [4.69, 9.17) is 4.84 Å². The number of halogens is 1. The van der Waals surface area contributed by atoms with Crippen molar-refractivity contribution in [3.63, 3.8) is 0 Å². The van der Waals surface area contributed by atoms with Crippen LogP contribution in [0.25, 0.3) is 11.0 Å². The zero-order valence-electron chi connectivity index (χ0n) is 12.8. The van der Waals surface area contributed by atoms with E-state index in [-0.39, 0.29) is 11.6 Å². The molecule has 1 atom stereocenters. The molecule has 1 saturated heterocycles. The number of fused-ring (bicyclic) bond motifs is 1. The van der Waals surface area contributed by atoms with Crippen molar-refractivity contribution in [1.82, 2.24) is 15.0 Å². The van der Waals surface area contributed by atoms with Gasteiger partial charge in [-0.15, -0.1) is 0 Å². The molecule has 1 aliphatic heterocycles. The SMILES string of the molecule is CC(C)(C)ON1CCC(=C=O)[C@H]1c1nc2ccc(Br)cc2[nH]1. The average Bonchev–Trinajstić information content (AvgIpc) is 2.99. The highest BCUT2D eigenvalue weighted by atomic mass is 79.9. The highest BCUT2D eigenvalue weighted by molar-refractivity contribution is 9.10. The monoisotopic (exact) mass is 363 g/mol. The summed E-state index contributed by atoms with van der Waals surface area (Å²) in [6.07, 6.45) is 0.644. The molecular formula is C16H18BrN3O2. The molecule has 5 nitrogen and oxygen atoms in total. The van der Waals surface area contributed by atoms with E-state index in [2.05, 4.69) is 31.8 Å². The first-order valence-electron chi connectivity index (χ1n) is 7.22. The number of rotatable bonds is 2. The lowest BCUT2D eigenvalue weighted by atomic mass is 10.1. The topological polar surface area (TPSA) is 58.2 Å². The number of hydroxylamine groups is 2. The summed E-state index contributed by atoms with van der Waals surface area (Å²) in [5.74, 6) is 2.78. The van der Waals surface area contributed by atoms with Crippen molar-refractivity contribution >= 4 is 32.9 Å². The number of hydrogen-bond donors (Lipinski definition) is 1. The van der Waals surface area contributed by atoms with Gasteiger partial charge in [-0.2, -0.15) is 5.06 Å². The van der Waals surface area contributed by atoms with Gasteiger partial charge in [-0.25, -0.2) is 9.78 Å². The fourth-order valence-corrected chi connectivity index (χ4v) is 3.02. The minimum Gasteiger partial charge on any atom is -0.340 e. The molecule has 0 unspecified atom stereocenters.